The normalized spacial score (nSPS) is 25.8. The van der Waals surface area contributed by atoms with Crippen LogP contribution >= 0.6 is 0 Å². The van der Waals surface area contributed by atoms with Crippen LogP contribution in [-0.4, -0.2) is 59.3 Å². The summed E-state index contributed by atoms with van der Waals surface area (Å²) in [5, 5.41) is 14.0. The van der Waals surface area contributed by atoms with Crippen molar-refractivity contribution in [1.82, 2.24) is 15.1 Å². The Kier molecular flexibility index (Phi) is 4.69. The lowest BCUT2D eigenvalue weighted by atomic mass is 9.91. The van der Waals surface area contributed by atoms with Gasteiger partial charge in [0.1, 0.15) is 0 Å². The first kappa shape index (κ1) is 16.9. The lowest BCUT2D eigenvalue weighted by Gasteiger charge is -2.40. The zero-order valence-corrected chi connectivity index (χ0v) is 14.9. The molecule has 1 aromatic carbocycles. The van der Waals surface area contributed by atoms with Gasteiger partial charge in [0.15, 0.2) is 0 Å². The highest BCUT2D eigenvalue weighted by atomic mass is 16.3. The van der Waals surface area contributed by atoms with E-state index in [2.05, 4.69) is 28.4 Å². The van der Waals surface area contributed by atoms with E-state index >= 15 is 0 Å². The summed E-state index contributed by atoms with van der Waals surface area (Å²) in [4.78, 5) is 16.9. The molecule has 5 heteroatoms. The van der Waals surface area contributed by atoms with E-state index in [0.29, 0.717) is 25.9 Å². The fraction of sp³-hybridized carbons (Fsp3) is 0.650. The maximum absolute atomic E-state index is 12.6. The van der Waals surface area contributed by atoms with Crippen molar-refractivity contribution in [3.63, 3.8) is 0 Å². The molecule has 0 bridgehead atoms. The van der Waals surface area contributed by atoms with Crippen molar-refractivity contribution in [3.05, 3.63) is 35.4 Å². The Morgan fingerprint density at radius 2 is 1.88 bits per heavy atom. The van der Waals surface area contributed by atoms with Crippen molar-refractivity contribution in [1.29, 1.82) is 0 Å². The molecule has 2 aliphatic heterocycles. The maximum atomic E-state index is 12.6. The largest absolute Gasteiger partial charge is 0.388 e. The molecule has 25 heavy (non-hydrogen) atoms. The third kappa shape index (κ3) is 3.67. The van der Waals surface area contributed by atoms with Crippen LogP contribution in [0.1, 0.15) is 49.3 Å². The fourth-order valence-electron chi connectivity index (χ4n) is 4.59. The van der Waals surface area contributed by atoms with E-state index in [4.69, 9.17) is 0 Å². The van der Waals surface area contributed by atoms with Gasteiger partial charge in [-0.05, 0) is 62.7 Å². The van der Waals surface area contributed by atoms with Crippen LogP contribution in [0.2, 0.25) is 0 Å². The highest BCUT2D eigenvalue weighted by molar-refractivity contribution is 5.75. The number of carbonyl (C=O) groups excluding carboxylic acids is 1. The number of nitrogens with zero attached hydrogens (tertiary/aromatic N) is 2. The van der Waals surface area contributed by atoms with Crippen molar-refractivity contribution in [2.45, 2.75) is 50.2 Å². The average Bonchev–Trinajstić information content (AvgIpc) is 3.25. The van der Waals surface area contributed by atoms with Gasteiger partial charge in [0.05, 0.1) is 11.6 Å². The van der Waals surface area contributed by atoms with E-state index in [0.717, 1.165) is 32.5 Å². The molecule has 0 radical (unpaired) electrons. The number of hydrogen-bond donors (Lipinski definition) is 2. The molecule has 2 N–H and O–H groups in total. The summed E-state index contributed by atoms with van der Waals surface area (Å²) < 4.78 is 0. The van der Waals surface area contributed by atoms with Gasteiger partial charge in [-0.3, -0.25) is 0 Å². The molecule has 2 heterocycles. The number of piperidine rings is 1. The Balaban J connectivity index is 1.30. The molecule has 5 nitrogen and oxygen atoms in total. The van der Waals surface area contributed by atoms with Crippen molar-refractivity contribution >= 4 is 6.03 Å². The molecule has 2 amide bonds. The predicted molar refractivity (Wildman–Crippen MR) is 97.5 cm³/mol. The standard InChI is InChI=1S/C20H29N3O2/c24-19(21-18-8-7-16-5-1-2-6-17(16)18)23-13-9-20(25,10-14-23)15-22-11-3-4-12-22/h1-2,5-6,18,25H,3-4,7-15H2,(H,21,24)/t18-/m1/s1. The van der Waals surface area contributed by atoms with Crippen molar-refractivity contribution in [2.24, 2.45) is 0 Å². The minimum atomic E-state index is -0.624. The smallest absolute Gasteiger partial charge is 0.317 e. The number of nitrogens with one attached hydrogen (secondary N) is 1. The number of amides is 2. The highest BCUT2D eigenvalue weighted by Crippen LogP contribution is 2.31. The second kappa shape index (κ2) is 6.96. The lowest BCUT2D eigenvalue weighted by molar-refractivity contribution is -0.0340. The van der Waals surface area contributed by atoms with Crippen molar-refractivity contribution < 1.29 is 9.90 Å². The van der Waals surface area contributed by atoms with Crippen LogP contribution < -0.4 is 5.32 Å². The summed E-state index contributed by atoms with van der Waals surface area (Å²) in [6, 6.07) is 8.54. The number of likely N-dealkylation sites (tertiary alicyclic amines) is 2. The number of aliphatic hydroxyl groups is 1. The van der Waals surface area contributed by atoms with Crippen LogP contribution in [-0.2, 0) is 6.42 Å². The van der Waals surface area contributed by atoms with Gasteiger partial charge < -0.3 is 20.2 Å². The minimum Gasteiger partial charge on any atom is -0.388 e. The molecule has 2 fully saturated rings. The molecular formula is C20H29N3O2. The Morgan fingerprint density at radius 3 is 2.64 bits per heavy atom. The number of benzene rings is 1. The molecule has 0 spiro atoms. The number of fused-ring (bicyclic) bond motifs is 1. The Hall–Kier alpha value is -1.59. The van der Waals surface area contributed by atoms with Gasteiger partial charge in [0.2, 0.25) is 0 Å². The topological polar surface area (TPSA) is 55.8 Å². The molecule has 136 valence electrons. The Bertz CT molecular complexity index is 619. The van der Waals surface area contributed by atoms with Crippen molar-refractivity contribution in [2.75, 3.05) is 32.7 Å². The van der Waals surface area contributed by atoms with E-state index in [9.17, 15) is 9.90 Å². The van der Waals surface area contributed by atoms with Crippen LogP contribution in [0.5, 0.6) is 0 Å². The summed E-state index contributed by atoms with van der Waals surface area (Å²) in [5.41, 5.74) is 1.99. The molecule has 2 saturated heterocycles. The molecule has 1 atom stereocenters. The van der Waals surface area contributed by atoms with E-state index in [1.165, 1.54) is 24.0 Å². The van der Waals surface area contributed by atoms with Gasteiger partial charge in [0.25, 0.3) is 0 Å². The third-order valence-corrected chi connectivity index (χ3v) is 6.13. The molecule has 0 unspecified atom stereocenters. The zero-order chi connectivity index (χ0) is 17.3. The lowest BCUT2D eigenvalue weighted by Crippen LogP contribution is -2.53. The van der Waals surface area contributed by atoms with E-state index in [1.54, 1.807) is 0 Å². The minimum absolute atomic E-state index is 0.0184. The molecular weight excluding hydrogens is 314 g/mol. The highest BCUT2D eigenvalue weighted by Gasteiger charge is 2.36. The van der Waals surface area contributed by atoms with E-state index in [-0.39, 0.29) is 12.1 Å². The Morgan fingerprint density at radius 1 is 1.16 bits per heavy atom. The average molecular weight is 343 g/mol. The third-order valence-electron chi connectivity index (χ3n) is 6.13. The number of aryl methyl sites for hydroxylation is 1. The second-order valence-corrected chi connectivity index (χ2v) is 7.93. The van der Waals surface area contributed by atoms with Gasteiger partial charge in [-0.15, -0.1) is 0 Å². The molecule has 0 aromatic heterocycles. The monoisotopic (exact) mass is 343 g/mol. The summed E-state index contributed by atoms with van der Waals surface area (Å²) in [6.45, 7) is 4.26. The second-order valence-electron chi connectivity index (χ2n) is 7.93. The molecule has 1 aromatic rings. The number of carbonyl (C=O) groups is 1. The first-order chi connectivity index (χ1) is 12.1. The number of β-amino-alcohol motifs (C(OH)–C–C–N with tert-alkyl or cyclic N) is 1. The van der Waals surface area contributed by atoms with Crippen LogP contribution in [0.25, 0.3) is 0 Å². The van der Waals surface area contributed by atoms with E-state index < -0.39 is 5.60 Å². The van der Waals surface area contributed by atoms with Crippen LogP contribution in [0, 0.1) is 0 Å². The quantitative estimate of drug-likeness (QED) is 0.885. The first-order valence-corrected chi connectivity index (χ1v) is 9.71. The van der Waals surface area contributed by atoms with Crippen LogP contribution in [0.4, 0.5) is 4.79 Å². The summed E-state index contributed by atoms with van der Waals surface area (Å²) in [6.07, 6.45) is 5.87. The number of rotatable bonds is 3. The molecule has 4 rings (SSSR count). The van der Waals surface area contributed by atoms with Gasteiger partial charge in [-0.1, -0.05) is 24.3 Å². The SMILES string of the molecule is O=C(N[C@@H]1CCc2ccccc21)N1CCC(O)(CN2CCCC2)CC1. The molecule has 0 saturated carbocycles. The van der Waals surface area contributed by atoms with Crippen molar-refractivity contribution in [3.8, 4) is 0 Å². The maximum Gasteiger partial charge on any atom is 0.317 e. The first-order valence-electron chi connectivity index (χ1n) is 9.71. The van der Waals surface area contributed by atoms with Gasteiger partial charge in [-0.25, -0.2) is 4.79 Å². The number of hydrogen-bond acceptors (Lipinski definition) is 3. The summed E-state index contributed by atoms with van der Waals surface area (Å²) >= 11 is 0. The molecule has 3 aliphatic rings. The summed E-state index contributed by atoms with van der Waals surface area (Å²) in [7, 11) is 0. The summed E-state index contributed by atoms with van der Waals surface area (Å²) in [5.74, 6) is 0. The zero-order valence-electron chi connectivity index (χ0n) is 14.9. The van der Waals surface area contributed by atoms with Gasteiger partial charge in [0, 0.05) is 19.6 Å². The predicted octanol–water partition coefficient (Wildman–Crippen LogP) is 2.31. The number of urea groups is 1. The fourth-order valence-corrected chi connectivity index (χ4v) is 4.59. The van der Waals surface area contributed by atoms with Gasteiger partial charge in [-0.2, -0.15) is 0 Å². The molecule has 1 aliphatic carbocycles. The Labute approximate surface area is 150 Å². The van der Waals surface area contributed by atoms with Crippen LogP contribution in [0.15, 0.2) is 24.3 Å². The van der Waals surface area contributed by atoms with Gasteiger partial charge >= 0.3 is 6.03 Å². The van der Waals surface area contributed by atoms with E-state index in [1.807, 2.05) is 11.0 Å². The van der Waals surface area contributed by atoms with Crippen LogP contribution in [0.3, 0.4) is 0 Å².